The van der Waals surface area contributed by atoms with Crippen molar-refractivity contribution in [1.82, 2.24) is 9.80 Å². The Bertz CT molecular complexity index is 679. The molecule has 3 aliphatic heterocycles. The molecule has 138 valence electrons. The highest BCUT2D eigenvalue weighted by atomic mass is 16.8. The van der Waals surface area contributed by atoms with E-state index in [0.29, 0.717) is 0 Å². The van der Waals surface area contributed by atoms with E-state index in [4.69, 9.17) is 19.9 Å². The Labute approximate surface area is 142 Å². The van der Waals surface area contributed by atoms with E-state index in [1.54, 1.807) is 0 Å². The normalized spacial score (nSPS) is 37.8. The number of ether oxygens (including phenoxy) is 3. The monoisotopic (exact) mass is 357 g/mol. The summed E-state index contributed by atoms with van der Waals surface area (Å²) in [6.07, 6.45) is -2.67. The summed E-state index contributed by atoms with van der Waals surface area (Å²) < 4.78 is 16.1. The number of rotatable bonds is 0. The van der Waals surface area contributed by atoms with Gasteiger partial charge >= 0.3 is 29.9 Å². The van der Waals surface area contributed by atoms with Gasteiger partial charge in [0.05, 0.1) is 19.4 Å². The number of primary amides is 1. The molecule has 3 saturated heterocycles. The molecule has 3 rings (SSSR count). The van der Waals surface area contributed by atoms with Crippen molar-refractivity contribution in [3.8, 4) is 0 Å². The zero-order valence-corrected chi connectivity index (χ0v) is 14.0. The number of hydrogen-bond donors (Lipinski definition) is 2. The van der Waals surface area contributed by atoms with Gasteiger partial charge in [-0.2, -0.15) is 4.90 Å². The lowest BCUT2D eigenvalue weighted by atomic mass is 9.92. The number of carbonyl (C=O) groups excluding carboxylic acids is 4. The number of carbonyl (C=O) groups is 4. The highest BCUT2D eigenvalue weighted by molar-refractivity contribution is 5.92. The van der Waals surface area contributed by atoms with Crippen LogP contribution in [0.3, 0.4) is 0 Å². The van der Waals surface area contributed by atoms with E-state index >= 15 is 0 Å². The Balaban J connectivity index is 2.25. The molecule has 3 N–H and O–H groups in total. The molecule has 3 heterocycles. The van der Waals surface area contributed by atoms with Crippen molar-refractivity contribution in [3.63, 3.8) is 0 Å². The first-order valence-corrected chi connectivity index (χ1v) is 7.60. The summed E-state index contributed by atoms with van der Waals surface area (Å²) in [4.78, 5) is 51.2. The number of esters is 3. The second-order valence-electron chi connectivity index (χ2n) is 6.89. The maximum absolute atomic E-state index is 12.5. The third-order valence-electron chi connectivity index (χ3n) is 4.95. The van der Waals surface area contributed by atoms with Gasteiger partial charge in [-0.15, -0.1) is 0 Å². The Morgan fingerprint density at radius 3 is 2.40 bits per heavy atom. The van der Waals surface area contributed by atoms with Crippen LogP contribution in [0.4, 0.5) is 4.79 Å². The standard InChI is InChI=1S/C14H19N3O8/c1-12(2)14-16(3)7(6-17(12)11(15)21)23-8(18)4-13(22,10(20)25-14)5-9(19)24-14/h7,22H,4-6H2,1-3H3,(H2,15,21). The van der Waals surface area contributed by atoms with Gasteiger partial charge in [-0.25, -0.2) is 9.59 Å². The molecule has 11 heteroatoms. The lowest BCUT2D eigenvalue weighted by Crippen LogP contribution is -2.79. The molecule has 0 radical (unpaired) electrons. The fourth-order valence-electron chi connectivity index (χ4n) is 3.48. The van der Waals surface area contributed by atoms with Gasteiger partial charge in [0.1, 0.15) is 5.54 Å². The van der Waals surface area contributed by atoms with Crippen LogP contribution < -0.4 is 5.73 Å². The molecule has 0 aromatic carbocycles. The molecule has 0 aliphatic carbocycles. The highest BCUT2D eigenvalue weighted by Crippen LogP contribution is 2.45. The van der Waals surface area contributed by atoms with Gasteiger partial charge in [0.2, 0.25) is 0 Å². The van der Waals surface area contributed by atoms with E-state index in [0.717, 1.165) is 4.90 Å². The van der Waals surface area contributed by atoms with E-state index in [-0.39, 0.29) is 6.54 Å². The van der Waals surface area contributed by atoms with Gasteiger partial charge in [0.15, 0.2) is 11.8 Å². The molecular formula is C14H19N3O8. The molecule has 0 saturated carbocycles. The Morgan fingerprint density at radius 2 is 1.80 bits per heavy atom. The molecule has 0 aromatic heterocycles. The van der Waals surface area contributed by atoms with E-state index in [2.05, 4.69) is 0 Å². The second-order valence-corrected chi connectivity index (χ2v) is 6.89. The van der Waals surface area contributed by atoms with Crippen LogP contribution >= 0.6 is 0 Å². The van der Waals surface area contributed by atoms with Crippen molar-refractivity contribution in [2.24, 2.45) is 5.73 Å². The van der Waals surface area contributed by atoms with Crippen LogP contribution in [0.5, 0.6) is 0 Å². The zero-order chi connectivity index (χ0) is 18.8. The predicted molar refractivity (Wildman–Crippen MR) is 77.1 cm³/mol. The average Bonchev–Trinajstić information content (AvgIpc) is 2.54. The largest absolute Gasteiger partial charge is 0.444 e. The maximum Gasteiger partial charge on any atom is 0.346 e. The molecule has 0 aromatic rings. The summed E-state index contributed by atoms with van der Waals surface area (Å²) in [5.74, 6) is -5.24. The van der Waals surface area contributed by atoms with Gasteiger partial charge in [0, 0.05) is 0 Å². The van der Waals surface area contributed by atoms with Crippen LogP contribution in [-0.4, -0.2) is 75.7 Å². The number of aliphatic hydroxyl groups is 1. The smallest absolute Gasteiger partial charge is 0.346 e. The summed E-state index contributed by atoms with van der Waals surface area (Å²) >= 11 is 0. The van der Waals surface area contributed by atoms with Crippen molar-refractivity contribution in [2.45, 2.75) is 50.0 Å². The molecule has 2 amide bonds. The second kappa shape index (κ2) is 5.05. The zero-order valence-electron chi connectivity index (χ0n) is 14.0. The average molecular weight is 357 g/mol. The lowest BCUT2D eigenvalue weighted by molar-refractivity contribution is -0.362. The van der Waals surface area contributed by atoms with E-state index in [1.165, 1.54) is 25.8 Å². The first kappa shape index (κ1) is 17.4. The van der Waals surface area contributed by atoms with Gasteiger partial charge in [0.25, 0.3) is 0 Å². The fraction of sp³-hybridized carbons (Fsp3) is 0.714. The first-order valence-electron chi connectivity index (χ1n) is 7.60. The van der Waals surface area contributed by atoms with Crippen LogP contribution in [0.15, 0.2) is 0 Å². The highest BCUT2D eigenvalue weighted by Gasteiger charge is 2.69. The Hall–Kier alpha value is -2.40. The topological polar surface area (TPSA) is 149 Å². The Morgan fingerprint density at radius 1 is 1.20 bits per heavy atom. The van der Waals surface area contributed by atoms with Gasteiger partial charge < -0.3 is 30.0 Å². The summed E-state index contributed by atoms with van der Waals surface area (Å²) in [7, 11) is 1.41. The summed E-state index contributed by atoms with van der Waals surface area (Å²) in [6, 6.07) is -0.885. The minimum absolute atomic E-state index is 0.139. The molecule has 3 fully saturated rings. The number of piperazine rings is 1. The number of urea groups is 1. The minimum Gasteiger partial charge on any atom is -0.444 e. The number of amides is 2. The first-order chi connectivity index (χ1) is 11.4. The number of nitrogens with zero attached hydrogens (tertiary/aromatic N) is 2. The molecule has 1 spiro atoms. The van der Waals surface area contributed by atoms with Crippen LogP contribution in [-0.2, 0) is 28.6 Å². The number of nitrogens with two attached hydrogens (primary N) is 1. The molecule has 11 nitrogen and oxygen atoms in total. The fourth-order valence-corrected chi connectivity index (χ4v) is 3.48. The third-order valence-corrected chi connectivity index (χ3v) is 4.95. The number of fused-ring (bicyclic) bond motifs is 3. The van der Waals surface area contributed by atoms with E-state index in [1.807, 2.05) is 0 Å². The molecule has 3 unspecified atom stereocenters. The van der Waals surface area contributed by atoms with Crippen LogP contribution in [0.25, 0.3) is 0 Å². The van der Waals surface area contributed by atoms with E-state index < -0.39 is 60.1 Å². The van der Waals surface area contributed by atoms with Crippen molar-refractivity contribution >= 4 is 23.9 Å². The summed E-state index contributed by atoms with van der Waals surface area (Å²) in [5, 5.41) is 10.5. The van der Waals surface area contributed by atoms with Crippen LogP contribution in [0.2, 0.25) is 0 Å². The van der Waals surface area contributed by atoms with E-state index in [9.17, 15) is 24.3 Å². The van der Waals surface area contributed by atoms with Gasteiger partial charge in [-0.05, 0) is 20.9 Å². The SMILES string of the molecule is CN1C2CN(C(N)=O)C(C)(C)C13OC(=O)CC(O)(CC(=O)O2)C(=O)O3. The molecular weight excluding hydrogens is 338 g/mol. The Kier molecular flexibility index (Phi) is 3.52. The summed E-state index contributed by atoms with van der Waals surface area (Å²) in [6.45, 7) is 2.82. The minimum atomic E-state index is -2.41. The molecule has 3 aliphatic rings. The van der Waals surface area contributed by atoms with Crippen LogP contribution in [0.1, 0.15) is 26.7 Å². The van der Waals surface area contributed by atoms with Gasteiger partial charge in [-0.1, -0.05) is 0 Å². The maximum atomic E-state index is 12.5. The van der Waals surface area contributed by atoms with Crippen molar-refractivity contribution in [2.75, 3.05) is 13.6 Å². The molecule has 25 heavy (non-hydrogen) atoms. The number of hydrogen-bond acceptors (Lipinski definition) is 9. The van der Waals surface area contributed by atoms with Crippen molar-refractivity contribution < 1.29 is 38.5 Å². The quantitative estimate of drug-likeness (QED) is 0.481. The third kappa shape index (κ3) is 2.26. The van der Waals surface area contributed by atoms with Crippen LogP contribution in [0, 0.1) is 0 Å². The summed E-state index contributed by atoms with van der Waals surface area (Å²) in [5.41, 5.74) is 1.57. The molecule has 3 atom stereocenters. The predicted octanol–water partition coefficient (Wildman–Crippen LogP) is -1.76. The van der Waals surface area contributed by atoms with Gasteiger partial charge in [-0.3, -0.25) is 9.59 Å². The van der Waals surface area contributed by atoms with Crippen molar-refractivity contribution in [1.29, 1.82) is 0 Å². The molecule has 3 bridgehead atoms. The lowest BCUT2D eigenvalue weighted by Gasteiger charge is -2.57. The number of likely N-dealkylation sites (N-methyl/N-ethyl adjacent to an activating group) is 1. The van der Waals surface area contributed by atoms with Crippen molar-refractivity contribution in [3.05, 3.63) is 0 Å².